The van der Waals surface area contributed by atoms with Gasteiger partial charge in [0.25, 0.3) is 0 Å². The van der Waals surface area contributed by atoms with E-state index in [0.717, 1.165) is 22.3 Å². The van der Waals surface area contributed by atoms with Crippen molar-refractivity contribution in [2.24, 2.45) is 0 Å². The van der Waals surface area contributed by atoms with E-state index < -0.39 is 16.1 Å². The summed E-state index contributed by atoms with van der Waals surface area (Å²) in [4.78, 5) is 0.352. The van der Waals surface area contributed by atoms with Gasteiger partial charge in [0.15, 0.2) is 0 Å². The monoisotopic (exact) mass is 333 g/mol. The van der Waals surface area contributed by atoms with Crippen LogP contribution < -0.4 is 9.46 Å². The molecule has 0 aliphatic heterocycles. The van der Waals surface area contributed by atoms with Crippen molar-refractivity contribution in [1.82, 2.24) is 4.72 Å². The normalized spacial score (nSPS) is 12.9. The Balaban J connectivity index is 2.39. The molecule has 0 radical (unpaired) electrons. The van der Waals surface area contributed by atoms with Gasteiger partial charge in [-0.1, -0.05) is 35.9 Å². The molecular formula is C18H23NO3S. The van der Waals surface area contributed by atoms with Crippen molar-refractivity contribution in [1.29, 1.82) is 0 Å². The molecule has 0 bridgehead atoms. The summed E-state index contributed by atoms with van der Waals surface area (Å²) < 4.78 is 33.7. The molecule has 2 aromatic carbocycles. The predicted molar refractivity (Wildman–Crippen MR) is 92.4 cm³/mol. The van der Waals surface area contributed by atoms with Crippen LogP contribution in [-0.4, -0.2) is 15.5 Å². The Morgan fingerprint density at radius 2 is 1.61 bits per heavy atom. The van der Waals surface area contributed by atoms with Crippen LogP contribution in [0.25, 0.3) is 0 Å². The molecule has 0 spiro atoms. The number of aryl methyl sites for hydroxylation is 3. The van der Waals surface area contributed by atoms with Gasteiger partial charge in [0.05, 0.1) is 12.0 Å². The van der Waals surface area contributed by atoms with Crippen molar-refractivity contribution < 1.29 is 13.2 Å². The van der Waals surface area contributed by atoms with E-state index in [1.807, 2.05) is 64.1 Å². The van der Waals surface area contributed by atoms with Gasteiger partial charge in [-0.25, -0.2) is 13.1 Å². The SMILES string of the molecule is COc1ccccc1C(C)NS(=O)(=O)c1c(C)cc(C)cc1C. The minimum absolute atomic E-state index is 0.352. The molecule has 0 aliphatic rings. The number of rotatable bonds is 5. The Bertz CT molecular complexity index is 790. The van der Waals surface area contributed by atoms with Gasteiger partial charge in [0, 0.05) is 11.6 Å². The van der Waals surface area contributed by atoms with E-state index in [0.29, 0.717) is 10.6 Å². The van der Waals surface area contributed by atoms with E-state index in [2.05, 4.69) is 4.72 Å². The zero-order chi connectivity index (χ0) is 17.2. The predicted octanol–water partition coefficient (Wildman–Crippen LogP) is 3.66. The molecule has 0 amide bonds. The summed E-state index contributed by atoms with van der Waals surface area (Å²) in [5, 5.41) is 0. The molecule has 0 saturated heterocycles. The third kappa shape index (κ3) is 3.74. The van der Waals surface area contributed by atoms with Crippen LogP contribution in [0.3, 0.4) is 0 Å². The lowest BCUT2D eigenvalue weighted by atomic mass is 10.1. The maximum absolute atomic E-state index is 12.8. The summed E-state index contributed by atoms with van der Waals surface area (Å²) in [6.07, 6.45) is 0. The third-order valence-corrected chi connectivity index (χ3v) is 5.66. The smallest absolute Gasteiger partial charge is 0.241 e. The summed E-state index contributed by atoms with van der Waals surface area (Å²) in [6.45, 7) is 7.42. The number of sulfonamides is 1. The van der Waals surface area contributed by atoms with Gasteiger partial charge in [-0.3, -0.25) is 0 Å². The summed E-state index contributed by atoms with van der Waals surface area (Å²) in [5.74, 6) is 0.667. The standard InChI is InChI=1S/C18H23NO3S/c1-12-10-13(2)18(14(3)11-12)23(20,21)19-15(4)16-8-6-7-9-17(16)22-5/h6-11,15,19H,1-5H3. The molecule has 0 heterocycles. The molecule has 23 heavy (non-hydrogen) atoms. The fourth-order valence-electron chi connectivity index (χ4n) is 2.97. The van der Waals surface area contributed by atoms with Crippen molar-refractivity contribution >= 4 is 10.0 Å². The fraction of sp³-hybridized carbons (Fsp3) is 0.333. The molecule has 0 aromatic heterocycles. The molecule has 0 aliphatic carbocycles. The summed E-state index contributed by atoms with van der Waals surface area (Å²) in [7, 11) is -2.04. The molecule has 5 heteroatoms. The second kappa shape index (κ2) is 6.72. The second-order valence-corrected chi connectivity index (χ2v) is 7.46. The first-order chi connectivity index (χ1) is 10.8. The van der Waals surface area contributed by atoms with Gasteiger partial charge in [-0.15, -0.1) is 0 Å². The van der Waals surface area contributed by atoms with Crippen molar-refractivity contribution in [3.05, 3.63) is 58.7 Å². The maximum Gasteiger partial charge on any atom is 0.241 e. The molecule has 4 nitrogen and oxygen atoms in total. The molecule has 2 aromatic rings. The zero-order valence-corrected chi connectivity index (χ0v) is 15.0. The first kappa shape index (κ1) is 17.5. The van der Waals surface area contributed by atoms with Gasteiger partial charge < -0.3 is 4.74 Å². The molecule has 1 unspecified atom stereocenters. The number of hydrogen-bond donors (Lipinski definition) is 1. The van der Waals surface area contributed by atoms with Crippen LogP contribution in [0.5, 0.6) is 5.75 Å². The second-order valence-electron chi connectivity index (χ2n) is 5.81. The van der Waals surface area contributed by atoms with Crippen molar-refractivity contribution in [3.8, 4) is 5.75 Å². The Morgan fingerprint density at radius 3 is 2.17 bits per heavy atom. The highest BCUT2D eigenvalue weighted by molar-refractivity contribution is 7.89. The molecule has 1 atom stereocenters. The van der Waals surface area contributed by atoms with E-state index in [-0.39, 0.29) is 0 Å². The van der Waals surface area contributed by atoms with Crippen molar-refractivity contribution in [2.45, 2.75) is 38.6 Å². The molecule has 124 valence electrons. The number of methoxy groups -OCH3 is 1. The van der Waals surface area contributed by atoms with Crippen LogP contribution in [0.4, 0.5) is 0 Å². The zero-order valence-electron chi connectivity index (χ0n) is 14.2. The maximum atomic E-state index is 12.8. The van der Waals surface area contributed by atoms with Crippen molar-refractivity contribution in [2.75, 3.05) is 7.11 Å². The van der Waals surface area contributed by atoms with E-state index in [4.69, 9.17) is 4.74 Å². The first-order valence-corrected chi connectivity index (χ1v) is 8.97. The largest absolute Gasteiger partial charge is 0.496 e. The van der Waals surface area contributed by atoms with Gasteiger partial charge in [0.2, 0.25) is 10.0 Å². The number of hydrogen-bond acceptors (Lipinski definition) is 3. The van der Waals surface area contributed by atoms with Crippen LogP contribution in [0, 0.1) is 20.8 Å². The molecule has 0 saturated carbocycles. The van der Waals surface area contributed by atoms with E-state index in [9.17, 15) is 8.42 Å². The van der Waals surface area contributed by atoms with E-state index in [1.165, 1.54) is 0 Å². The van der Waals surface area contributed by atoms with E-state index in [1.54, 1.807) is 7.11 Å². The van der Waals surface area contributed by atoms with Crippen LogP contribution in [0.2, 0.25) is 0 Å². The van der Waals surface area contributed by atoms with Crippen molar-refractivity contribution in [3.63, 3.8) is 0 Å². The Labute approximate surface area is 138 Å². The summed E-state index contributed by atoms with van der Waals surface area (Å²) >= 11 is 0. The lowest BCUT2D eigenvalue weighted by Crippen LogP contribution is -2.28. The van der Waals surface area contributed by atoms with Gasteiger partial charge in [0.1, 0.15) is 5.75 Å². The van der Waals surface area contributed by atoms with E-state index >= 15 is 0 Å². The Morgan fingerprint density at radius 1 is 1.04 bits per heavy atom. The molecule has 0 fully saturated rings. The quantitative estimate of drug-likeness (QED) is 0.908. The topological polar surface area (TPSA) is 55.4 Å². The van der Waals surface area contributed by atoms with Crippen LogP contribution in [0.15, 0.2) is 41.3 Å². The number of para-hydroxylation sites is 1. The number of benzene rings is 2. The van der Waals surface area contributed by atoms with Gasteiger partial charge in [-0.05, 0) is 44.9 Å². The summed E-state index contributed by atoms with van der Waals surface area (Å²) in [6, 6.07) is 10.8. The van der Waals surface area contributed by atoms with Crippen LogP contribution >= 0.6 is 0 Å². The lowest BCUT2D eigenvalue weighted by Gasteiger charge is -2.19. The minimum atomic E-state index is -3.62. The Hall–Kier alpha value is -1.85. The lowest BCUT2D eigenvalue weighted by molar-refractivity contribution is 0.405. The Kier molecular flexibility index (Phi) is 5.12. The molecular weight excluding hydrogens is 310 g/mol. The molecule has 1 N–H and O–H groups in total. The average Bonchev–Trinajstić information content (AvgIpc) is 2.45. The highest BCUT2D eigenvalue weighted by Gasteiger charge is 2.23. The highest BCUT2D eigenvalue weighted by atomic mass is 32.2. The third-order valence-electron chi connectivity index (χ3n) is 3.81. The van der Waals surface area contributed by atoms with Gasteiger partial charge in [-0.2, -0.15) is 0 Å². The number of nitrogens with one attached hydrogen (secondary N) is 1. The average molecular weight is 333 g/mol. The van der Waals surface area contributed by atoms with Crippen LogP contribution in [0.1, 0.15) is 35.2 Å². The van der Waals surface area contributed by atoms with Gasteiger partial charge >= 0.3 is 0 Å². The summed E-state index contributed by atoms with van der Waals surface area (Å²) in [5.41, 5.74) is 3.36. The molecule has 2 rings (SSSR count). The minimum Gasteiger partial charge on any atom is -0.496 e. The number of ether oxygens (including phenoxy) is 1. The first-order valence-electron chi connectivity index (χ1n) is 7.49. The fourth-order valence-corrected chi connectivity index (χ4v) is 4.65. The van der Waals surface area contributed by atoms with Crippen LogP contribution in [-0.2, 0) is 10.0 Å². The highest BCUT2D eigenvalue weighted by Crippen LogP contribution is 2.28.